The zero-order chi connectivity index (χ0) is 18.8. The number of nitrogens with two attached hydrogens (primary N) is 1. The van der Waals surface area contributed by atoms with Crippen LogP contribution in [-0.2, 0) is 14.8 Å². The number of rotatable bonds is 4. The number of piperidine rings is 1. The van der Waals surface area contributed by atoms with Gasteiger partial charge < -0.3 is 11.1 Å². The van der Waals surface area contributed by atoms with E-state index in [0.717, 1.165) is 19.3 Å². The van der Waals surface area contributed by atoms with E-state index in [1.54, 1.807) is 19.1 Å². The van der Waals surface area contributed by atoms with Crippen molar-refractivity contribution >= 4 is 34.0 Å². The first-order valence-electron chi connectivity index (χ1n) is 8.71. The van der Waals surface area contributed by atoms with Crippen molar-refractivity contribution in [3.8, 4) is 0 Å². The molecule has 0 radical (unpaired) electrons. The van der Waals surface area contributed by atoms with Crippen LogP contribution in [0, 0.1) is 12.3 Å². The minimum Gasteiger partial charge on any atom is -0.325 e. The normalized spacial score (nSPS) is 17.3. The predicted molar refractivity (Wildman–Crippen MR) is 107 cm³/mol. The van der Waals surface area contributed by atoms with Gasteiger partial charge in [0.25, 0.3) is 0 Å². The summed E-state index contributed by atoms with van der Waals surface area (Å²) in [4.78, 5) is 12.6. The molecule has 1 fully saturated rings. The summed E-state index contributed by atoms with van der Waals surface area (Å²) in [7, 11) is -3.55. The molecule has 1 saturated heterocycles. The Morgan fingerprint density at radius 2 is 1.77 bits per heavy atom. The molecule has 0 bridgehead atoms. The number of aryl methyl sites for hydroxylation is 1. The number of amides is 1. The topological polar surface area (TPSA) is 92.5 Å². The number of anilines is 1. The molecule has 0 aromatic heterocycles. The van der Waals surface area contributed by atoms with Gasteiger partial charge in [-0.2, -0.15) is 4.31 Å². The Balaban J connectivity index is 0.00000338. The third-order valence-electron chi connectivity index (χ3n) is 4.60. The fourth-order valence-corrected chi connectivity index (χ4v) is 4.58. The molecule has 1 aromatic carbocycles. The van der Waals surface area contributed by atoms with Gasteiger partial charge in [0, 0.05) is 18.8 Å². The minimum atomic E-state index is -3.55. The summed E-state index contributed by atoms with van der Waals surface area (Å²) < 4.78 is 27.4. The fourth-order valence-electron chi connectivity index (χ4n) is 2.81. The monoisotopic (exact) mass is 403 g/mol. The average Bonchev–Trinajstić information content (AvgIpc) is 2.55. The Morgan fingerprint density at radius 1 is 1.19 bits per heavy atom. The molecule has 0 unspecified atom stereocenters. The Bertz CT molecular complexity index is 739. The highest BCUT2D eigenvalue weighted by Gasteiger charge is 2.29. The molecular weight excluding hydrogens is 374 g/mol. The van der Waals surface area contributed by atoms with Gasteiger partial charge in [-0.1, -0.05) is 33.3 Å². The lowest BCUT2D eigenvalue weighted by Gasteiger charge is -2.27. The van der Waals surface area contributed by atoms with E-state index in [2.05, 4.69) is 5.32 Å². The first-order chi connectivity index (χ1) is 11.5. The summed E-state index contributed by atoms with van der Waals surface area (Å²) >= 11 is 0. The van der Waals surface area contributed by atoms with Crippen molar-refractivity contribution in [1.82, 2.24) is 4.31 Å². The third kappa shape index (κ3) is 5.19. The molecule has 1 aliphatic rings. The van der Waals surface area contributed by atoms with E-state index in [1.807, 2.05) is 20.8 Å². The van der Waals surface area contributed by atoms with Crippen molar-refractivity contribution < 1.29 is 13.2 Å². The molecule has 1 aromatic rings. The molecule has 1 atom stereocenters. The molecule has 26 heavy (non-hydrogen) atoms. The second-order valence-corrected chi connectivity index (χ2v) is 9.68. The second-order valence-electron chi connectivity index (χ2n) is 7.78. The van der Waals surface area contributed by atoms with E-state index in [1.165, 1.54) is 10.4 Å². The number of benzene rings is 1. The first-order valence-corrected chi connectivity index (χ1v) is 10.1. The van der Waals surface area contributed by atoms with Crippen molar-refractivity contribution in [3.63, 3.8) is 0 Å². The Hall–Kier alpha value is -1.15. The molecule has 2 rings (SSSR count). The summed E-state index contributed by atoms with van der Waals surface area (Å²) in [5.41, 5.74) is 6.72. The van der Waals surface area contributed by atoms with Gasteiger partial charge in [-0.15, -0.1) is 12.4 Å². The fraction of sp³-hybridized carbons (Fsp3) is 0.611. The van der Waals surface area contributed by atoms with Gasteiger partial charge in [-0.05, 0) is 42.9 Å². The smallest absolute Gasteiger partial charge is 0.243 e. The van der Waals surface area contributed by atoms with E-state index in [4.69, 9.17) is 5.73 Å². The molecule has 6 nitrogen and oxygen atoms in total. The van der Waals surface area contributed by atoms with Gasteiger partial charge in [0.15, 0.2) is 0 Å². The van der Waals surface area contributed by atoms with Crippen LogP contribution in [0.1, 0.15) is 45.6 Å². The number of hydrogen-bond donors (Lipinski definition) is 2. The Morgan fingerprint density at radius 3 is 2.31 bits per heavy atom. The highest BCUT2D eigenvalue weighted by molar-refractivity contribution is 7.89. The van der Waals surface area contributed by atoms with Crippen molar-refractivity contribution in [2.75, 3.05) is 18.4 Å². The van der Waals surface area contributed by atoms with E-state index in [9.17, 15) is 13.2 Å². The number of nitrogens with one attached hydrogen (secondary N) is 1. The van der Waals surface area contributed by atoms with E-state index in [-0.39, 0.29) is 28.6 Å². The lowest BCUT2D eigenvalue weighted by atomic mass is 9.87. The van der Waals surface area contributed by atoms with Gasteiger partial charge >= 0.3 is 0 Å². The number of hydrogen-bond acceptors (Lipinski definition) is 4. The first kappa shape index (κ1) is 22.9. The highest BCUT2D eigenvalue weighted by atomic mass is 35.5. The number of sulfonamides is 1. The zero-order valence-corrected chi connectivity index (χ0v) is 17.5. The maximum Gasteiger partial charge on any atom is 0.243 e. The van der Waals surface area contributed by atoms with Crippen LogP contribution in [0.15, 0.2) is 23.1 Å². The maximum absolute atomic E-state index is 12.9. The summed E-state index contributed by atoms with van der Waals surface area (Å²) in [6.07, 6.45) is 2.83. The van der Waals surface area contributed by atoms with Crippen molar-refractivity contribution in [2.45, 2.75) is 57.9 Å². The quantitative estimate of drug-likeness (QED) is 0.808. The number of halogens is 1. The molecule has 0 saturated carbocycles. The van der Waals surface area contributed by atoms with Gasteiger partial charge in [-0.25, -0.2) is 8.42 Å². The average molecular weight is 404 g/mol. The van der Waals surface area contributed by atoms with Gasteiger partial charge in [0.05, 0.1) is 10.9 Å². The van der Waals surface area contributed by atoms with E-state index in [0.29, 0.717) is 24.3 Å². The number of carbonyl (C=O) groups excluding carboxylic acids is 1. The van der Waals surface area contributed by atoms with Crippen LogP contribution >= 0.6 is 12.4 Å². The number of nitrogens with zero attached hydrogens (tertiary/aromatic N) is 1. The summed E-state index contributed by atoms with van der Waals surface area (Å²) in [6, 6.07) is 4.27. The molecule has 0 aliphatic carbocycles. The SMILES string of the molecule is Cc1ccc(NC(=O)[C@@H](N)C(C)(C)C)cc1S(=O)(=O)N1CCCCC1.Cl. The van der Waals surface area contributed by atoms with Crippen LogP contribution in [0.3, 0.4) is 0 Å². The summed E-state index contributed by atoms with van der Waals surface area (Å²) in [6.45, 7) is 8.53. The Kier molecular flexibility index (Phi) is 7.65. The largest absolute Gasteiger partial charge is 0.325 e. The van der Waals surface area contributed by atoms with Gasteiger partial charge in [0.2, 0.25) is 15.9 Å². The van der Waals surface area contributed by atoms with Crippen LogP contribution in [0.4, 0.5) is 5.69 Å². The third-order valence-corrected chi connectivity index (χ3v) is 6.64. The van der Waals surface area contributed by atoms with Crippen LogP contribution < -0.4 is 11.1 Å². The molecule has 8 heteroatoms. The maximum atomic E-state index is 12.9. The lowest BCUT2D eigenvalue weighted by Crippen LogP contribution is -2.45. The molecule has 3 N–H and O–H groups in total. The highest BCUT2D eigenvalue weighted by Crippen LogP contribution is 2.26. The molecule has 1 heterocycles. The molecular formula is C18H30ClN3O3S. The van der Waals surface area contributed by atoms with Crippen molar-refractivity contribution in [2.24, 2.45) is 11.1 Å². The van der Waals surface area contributed by atoms with Crippen LogP contribution in [0.2, 0.25) is 0 Å². The predicted octanol–water partition coefficient (Wildman–Crippen LogP) is 2.90. The van der Waals surface area contributed by atoms with E-state index >= 15 is 0 Å². The molecule has 148 valence electrons. The van der Waals surface area contributed by atoms with Crippen molar-refractivity contribution in [1.29, 1.82) is 0 Å². The van der Waals surface area contributed by atoms with Crippen LogP contribution in [0.5, 0.6) is 0 Å². The van der Waals surface area contributed by atoms with Crippen LogP contribution in [0.25, 0.3) is 0 Å². The number of carbonyl (C=O) groups is 1. The zero-order valence-electron chi connectivity index (χ0n) is 15.9. The summed E-state index contributed by atoms with van der Waals surface area (Å²) in [5, 5.41) is 2.74. The molecule has 1 amide bonds. The van der Waals surface area contributed by atoms with E-state index < -0.39 is 16.1 Å². The molecule has 1 aliphatic heterocycles. The van der Waals surface area contributed by atoms with Crippen molar-refractivity contribution in [3.05, 3.63) is 23.8 Å². The molecule has 0 spiro atoms. The van der Waals surface area contributed by atoms with Gasteiger partial charge in [-0.3, -0.25) is 4.79 Å². The van der Waals surface area contributed by atoms with Crippen LogP contribution in [-0.4, -0.2) is 37.8 Å². The lowest BCUT2D eigenvalue weighted by molar-refractivity contribution is -0.119. The standard InChI is InChI=1S/C18H29N3O3S.ClH/c1-13-8-9-14(20-17(22)16(19)18(2,3)4)12-15(13)25(23,24)21-10-6-5-7-11-21;/h8-9,12,16H,5-7,10-11,19H2,1-4H3,(H,20,22);1H/t16-;/m1./s1. The van der Waals surface area contributed by atoms with Gasteiger partial charge in [0.1, 0.15) is 0 Å². The Labute approximate surface area is 163 Å². The summed E-state index contributed by atoms with van der Waals surface area (Å²) in [5.74, 6) is -0.322. The second kappa shape index (κ2) is 8.69. The minimum absolute atomic E-state index is 0.